The zero-order valence-electron chi connectivity index (χ0n) is 9.46. The summed E-state index contributed by atoms with van der Waals surface area (Å²) in [5, 5.41) is 21.3. The molecule has 1 amide bonds. The number of hydrogen-bond acceptors (Lipinski definition) is 5. The molecule has 1 aliphatic heterocycles. The molecule has 1 saturated heterocycles. The molecule has 0 aliphatic carbocycles. The highest BCUT2D eigenvalue weighted by Gasteiger charge is 2.29. The molecule has 0 radical (unpaired) electrons. The number of rotatable bonds is 2. The standard InChI is InChI=1S/C11H13NO5S/c13-9-3-1-2-8(10(9)14)11(15)12-7-4-5-18(16,17)6-7/h1-3,7,13-14H,4-6H2,(H,12,15). The van der Waals surface area contributed by atoms with E-state index in [2.05, 4.69) is 5.32 Å². The predicted molar refractivity (Wildman–Crippen MR) is 64.3 cm³/mol. The van der Waals surface area contributed by atoms with Gasteiger partial charge in [0.1, 0.15) is 0 Å². The van der Waals surface area contributed by atoms with Gasteiger partial charge in [-0.15, -0.1) is 0 Å². The van der Waals surface area contributed by atoms with E-state index in [0.29, 0.717) is 6.42 Å². The molecule has 1 unspecified atom stereocenters. The number of amides is 1. The van der Waals surface area contributed by atoms with Crippen LogP contribution in [-0.4, -0.2) is 42.1 Å². The molecule has 0 bridgehead atoms. The third-order valence-electron chi connectivity index (χ3n) is 2.83. The van der Waals surface area contributed by atoms with Gasteiger partial charge in [-0.2, -0.15) is 0 Å². The highest BCUT2D eigenvalue weighted by Crippen LogP contribution is 2.28. The van der Waals surface area contributed by atoms with Crippen molar-refractivity contribution >= 4 is 15.7 Å². The summed E-state index contributed by atoms with van der Waals surface area (Å²) in [6, 6.07) is 3.60. The minimum absolute atomic E-state index is 0.0595. The zero-order chi connectivity index (χ0) is 13.3. The number of aromatic hydroxyl groups is 2. The van der Waals surface area contributed by atoms with Crippen molar-refractivity contribution in [3.05, 3.63) is 23.8 Å². The van der Waals surface area contributed by atoms with E-state index in [1.165, 1.54) is 18.2 Å². The molecule has 1 aromatic carbocycles. The van der Waals surface area contributed by atoms with Crippen molar-refractivity contribution in [3.63, 3.8) is 0 Å². The Bertz CT molecular complexity index is 581. The van der Waals surface area contributed by atoms with Crippen LogP contribution in [0.15, 0.2) is 18.2 Å². The van der Waals surface area contributed by atoms with E-state index in [9.17, 15) is 23.4 Å². The fourth-order valence-corrected chi connectivity index (χ4v) is 3.56. The van der Waals surface area contributed by atoms with Crippen molar-refractivity contribution in [2.45, 2.75) is 12.5 Å². The van der Waals surface area contributed by atoms with Gasteiger partial charge in [-0.3, -0.25) is 4.79 Å². The summed E-state index contributed by atoms with van der Waals surface area (Å²) >= 11 is 0. The van der Waals surface area contributed by atoms with Gasteiger partial charge in [0.2, 0.25) is 0 Å². The Hall–Kier alpha value is -1.76. The Morgan fingerprint density at radius 3 is 2.67 bits per heavy atom. The molecule has 1 aliphatic rings. The van der Waals surface area contributed by atoms with Crippen LogP contribution in [0.1, 0.15) is 16.8 Å². The maximum Gasteiger partial charge on any atom is 0.255 e. The highest BCUT2D eigenvalue weighted by atomic mass is 32.2. The SMILES string of the molecule is O=C(NC1CCS(=O)(=O)C1)c1cccc(O)c1O. The van der Waals surface area contributed by atoms with E-state index in [-0.39, 0.29) is 22.8 Å². The summed E-state index contributed by atoms with van der Waals surface area (Å²) < 4.78 is 22.5. The number of sulfone groups is 1. The van der Waals surface area contributed by atoms with Crippen LogP contribution in [0.2, 0.25) is 0 Å². The van der Waals surface area contributed by atoms with Crippen LogP contribution in [-0.2, 0) is 9.84 Å². The van der Waals surface area contributed by atoms with Crippen molar-refractivity contribution in [1.29, 1.82) is 0 Å². The molecule has 0 aromatic heterocycles. The smallest absolute Gasteiger partial charge is 0.255 e. The third kappa shape index (κ3) is 2.56. The Labute approximate surface area is 104 Å². The van der Waals surface area contributed by atoms with Crippen LogP contribution in [0.4, 0.5) is 0 Å². The Balaban J connectivity index is 2.11. The van der Waals surface area contributed by atoms with Gasteiger partial charge in [0, 0.05) is 6.04 Å². The van der Waals surface area contributed by atoms with Gasteiger partial charge in [0.25, 0.3) is 5.91 Å². The van der Waals surface area contributed by atoms with Gasteiger partial charge in [-0.25, -0.2) is 8.42 Å². The zero-order valence-corrected chi connectivity index (χ0v) is 10.3. The second-order valence-corrected chi connectivity index (χ2v) is 6.48. The second kappa shape index (κ2) is 4.49. The summed E-state index contributed by atoms with van der Waals surface area (Å²) in [5.41, 5.74) is -0.0701. The topological polar surface area (TPSA) is 104 Å². The summed E-state index contributed by atoms with van der Waals surface area (Å²) in [6.45, 7) is 0. The lowest BCUT2D eigenvalue weighted by Gasteiger charge is -2.11. The van der Waals surface area contributed by atoms with Gasteiger partial charge in [0.15, 0.2) is 21.3 Å². The van der Waals surface area contributed by atoms with E-state index in [1.807, 2.05) is 0 Å². The minimum atomic E-state index is -3.07. The number of phenolic OH excluding ortho intramolecular Hbond substituents is 2. The number of hydrogen-bond donors (Lipinski definition) is 3. The fraction of sp³-hybridized carbons (Fsp3) is 0.364. The first-order valence-corrected chi connectivity index (χ1v) is 7.23. The van der Waals surface area contributed by atoms with E-state index in [1.54, 1.807) is 0 Å². The largest absolute Gasteiger partial charge is 0.504 e. The molecule has 1 fully saturated rings. The lowest BCUT2D eigenvalue weighted by molar-refractivity contribution is 0.0938. The average molecular weight is 271 g/mol. The van der Waals surface area contributed by atoms with Crippen molar-refractivity contribution in [2.24, 2.45) is 0 Å². The number of benzene rings is 1. The summed E-state index contributed by atoms with van der Waals surface area (Å²) in [6.07, 6.45) is 0.369. The normalized spacial score (nSPS) is 21.7. The Morgan fingerprint density at radius 2 is 2.06 bits per heavy atom. The van der Waals surface area contributed by atoms with Crippen LogP contribution in [0.3, 0.4) is 0 Å². The van der Waals surface area contributed by atoms with Crippen molar-refractivity contribution in [3.8, 4) is 11.5 Å². The Kier molecular flexibility index (Phi) is 3.16. The van der Waals surface area contributed by atoms with Gasteiger partial charge in [-0.05, 0) is 18.6 Å². The quantitative estimate of drug-likeness (QED) is 0.658. The van der Waals surface area contributed by atoms with E-state index in [0.717, 1.165) is 0 Å². The molecule has 98 valence electrons. The molecule has 0 spiro atoms. The van der Waals surface area contributed by atoms with Crippen LogP contribution in [0, 0.1) is 0 Å². The lowest BCUT2D eigenvalue weighted by Crippen LogP contribution is -2.35. The van der Waals surface area contributed by atoms with Crippen LogP contribution >= 0.6 is 0 Å². The third-order valence-corrected chi connectivity index (χ3v) is 4.59. The Morgan fingerprint density at radius 1 is 1.33 bits per heavy atom. The van der Waals surface area contributed by atoms with E-state index < -0.39 is 27.5 Å². The van der Waals surface area contributed by atoms with E-state index >= 15 is 0 Å². The summed E-state index contributed by atoms with van der Waals surface area (Å²) in [4.78, 5) is 11.8. The molecule has 18 heavy (non-hydrogen) atoms. The molecule has 6 nitrogen and oxygen atoms in total. The molecule has 7 heteroatoms. The van der Waals surface area contributed by atoms with Gasteiger partial charge in [0.05, 0.1) is 17.1 Å². The highest BCUT2D eigenvalue weighted by molar-refractivity contribution is 7.91. The molecule has 1 aromatic rings. The number of carbonyl (C=O) groups is 1. The number of nitrogens with one attached hydrogen (secondary N) is 1. The monoisotopic (exact) mass is 271 g/mol. The van der Waals surface area contributed by atoms with Crippen LogP contribution in [0.5, 0.6) is 11.5 Å². The van der Waals surface area contributed by atoms with Crippen LogP contribution < -0.4 is 5.32 Å². The minimum Gasteiger partial charge on any atom is -0.504 e. The number of carbonyl (C=O) groups excluding carboxylic acids is 1. The first-order valence-electron chi connectivity index (χ1n) is 5.41. The van der Waals surface area contributed by atoms with Crippen molar-refractivity contribution < 1.29 is 23.4 Å². The van der Waals surface area contributed by atoms with Crippen LogP contribution in [0.25, 0.3) is 0 Å². The molecular formula is C11H13NO5S. The van der Waals surface area contributed by atoms with Gasteiger partial charge < -0.3 is 15.5 Å². The van der Waals surface area contributed by atoms with Gasteiger partial charge in [-0.1, -0.05) is 6.07 Å². The number of phenols is 2. The predicted octanol–water partition coefficient (Wildman–Crippen LogP) is 0.0147. The van der Waals surface area contributed by atoms with Crippen molar-refractivity contribution in [2.75, 3.05) is 11.5 Å². The summed E-state index contributed by atoms with van der Waals surface area (Å²) in [5.74, 6) is -1.51. The summed E-state index contributed by atoms with van der Waals surface area (Å²) in [7, 11) is -3.07. The first kappa shape index (κ1) is 12.7. The lowest BCUT2D eigenvalue weighted by atomic mass is 10.1. The molecule has 1 heterocycles. The maximum absolute atomic E-state index is 11.8. The fourth-order valence-electron chi connectivity index (χ4n) is 1.89. The molecule has 0 saturated carbocycles. The average Bonchev–Trinajstić information content (AvgIpc) is 2.62. The molecule has 2 rings (SSSR count). The molecule has 3 N–H and O–H groups in total. The molecular weight excluding hydrogens is 258 g/mol. The maximum atomic E-state index is 11.8. The van der Waals surface area contributed by atoms with Gasteiger partial charge >= 0.3 is 0 Å². The number of para-hydroxylation sites is 1. The second-order valence-electron chi connectivity index (χ2n) is 4.25. The van der Waals surface area contributed by atoms with E-state index in [4.69, 9.17) is 0 Å². The molecule has 1 atom stereocenters. The first-order chi connectivity index (χ1) is 8.39. The van der Waals surface area contributed by atoms with Crippen molar-refractivity contribution in [1.82, 2.24) is 5.32 Å².